The normalized spacial score (nSPS) is 16.6. The number of hydrogen-bond donors (Lipinski definition) is 0. The molecule has 242 valence electrons. The zero-order chi connectivity index (χ0) is 33.7. The van der Waals surface area contributed by atoms with E-state index in [2.05, 4.69) is 97.1 Å². The van der Waals surface area contributed by atoms with Gasteiger partial charge in [-0.3, -0.25) is 0 Å². The van der Waals surface area contributed by atoms with E-state index in [1.807, 2.05) is 60.7 Å². The molecule has 0 N–H and O–H groups in total. The molecule has 7 aromatic rings. The molecule has 51 heavy (non-hydrogen) atoms. The molecule has 0 spiro atoms. The molecular weight excluding hydrogens is 623 g/mol. The summed E-state index contributed by atoms with van der Waals surface area (Å²) < 4.78 is 6.45. The second kappa shape index (κ2) is 12.2. The van der Waals surface area contributed by atoms with Crippen molar-refractivity contribution >= 4 is 50.3 Å². The van der Waals surface area contributed by atoms with Crippen molar-refractivity contribution in [2.24, 2.45) is 5.92 Å². The lowest BCUT2D eigenvalue weighted by atomic mass is 9.78. The van der Waals surface area contributed by atoms with Gasteiger partial charge in [0.1, 0.15) is 11.2 Å². The van der Waals surface area contributed by atoms with Crippen molar-refractivity contribution in [3.63, 3.8) is 0 Å². The Labute approximate surface area is 296 Å². The maximum Gasteiger partial charge on any atom is 0.164 e. The highest BCUT2D eigenvalue weighted by Gasteiger charge is 2.24. The Bertz CT molecular complexity index is 2600. The molecule has 0 saturated carbocycles. The van der Waals surface area contributed by atoms with Gasteiger partial charge >= 0.3 is 0 Å². The zero-order valence-electron chi connectivity index (χ0n) is 28.0. The summed E-state index contributed by atoms with van der Waals surface area (Å²) in [5, 5.41) is 2.32. The molecule has 1 atom stereocenters. The zero-order valence-corrected chi connectivity index (χ0v) is 28.0. The van der Waals surface area contributed by atoms with Crippen molar-refractivity contribution < 1.29 is 4.42 Å². The number of rotatable bonds is 5. The van der Waals surface area contributed by atoms with Crippen LogP contribution in [0.5, 0.6) is 0 Å². The Balaban J connectivity index is 1.03. The molecule has 2 heterocycles. The molecule has 0 amide bonds. The van der Waals surface area contributed by atoms with Gasteiger partial charge in [0.15, 0.2) is 17.5 Å². The van der Waals surface area contributed by atoms with Gasteiger partial charge < -0.3 is 4.42 Å². The average Bonchev–Trinajstić information content (AvgIpc) is 3.59. The summed E-state index contributed by atoms with van der Waals surface area (Å²) in [6.07, 6.45) is 16.5. The summed E-state index contributed by atoms with van der Waals surface area (Å²) in [5.41, 5.74) is 13.9. The third kappa shape index (κ3) is 5.28. The highest BCUT2D eigenvalue weighted by Crippen LogP contribution is 2.43. The lowest BCUT2D eigenvalue weighted by molar-refractivity contribution is 0.669. The Morgan fingerprint density at radius 3 is 2.02 bits per heavy atom. The summed E-state index contributed by atoms with van der Waals surface area (Å²) in [7, 11) is 0. The van der Waals surface area contributed by atoms with Crippen LogP contribution in [0.25, 0.3) is 73.1 Å². The van der Waals surface area contributed by atoms with E-state index >= 15 is 0 Å². The largest absolute Gasteiger partial charge is 0.456 e. The van der Waals surface area contributed by atoms with Gasteiger partial charge in [0, 0.05) is 27.8 Å². The Morgan fingerprint density at radius 1 is 0.569 bits per heavy atom. The molecule has 0 aliphatic heterocycles. The molecule has 4 heteroatoms. The van der Waals surface area contributed by atoms with E-state index < -0.39 is 0 Å². The molecule has 3 aliphatic rings. The molecule has 4 nitrogen and oxygen atoms in total. The standard InChI is InChI=1S/C47H33N3O/c1-3-11-33(12-4-1)45-48-46(34-13-5-2-6-14-34)50-47(49-45)35-23-20-31(21-24-35)39-16-9-17-43-44(39)41-29-37(26-27-42(41)51-43)36-25-22-32-19-18-30-10-7-8-15-38(30)40(32)28-36/h1-20,23,25-29,32H,21-22,24H2. The number of furan rings is 1. The summed E-state index contributed by atoms with van der Waals surface area (Å²) in [5.74, 6) is 2.52. The summed E-state index contributed by atoms with van der Waals surface area (Å²) >= 11 is 0. The maximum atomic E-state index is 6.45. The predicted molar refractivity (Wildman–Crippen MR) is 209 cm³/mol. The molecule has 0 fully saturated rings. The quantitative estimate of drug-likeness (QED) is 0.185. The van der Waals surface area contributed by atoms with E-state index in [1.54, 1.807) is 0 Å². The molecule has 0 radical (unpaired) electrons. The van der Waals surface area contributed by atoms with E-state index in [0.717, 1.165) is 58.3 Å². The highest BCUT2D eigenvalue weighted by molar-refractivity contribution is 6.11. The summed E-state index contributed by atoms with van der Waals surface area (Å²) in [6, 6.07) is 42.1. The summed E-state index contributed by atoms with van der Waals surface area (Å²) in [4.78, 5) is 14.8. The molecule has 1 unspecified atom stereocenters. The van der Waals surface area contributed by atoms with E-state index in [4.69, 9.17) is 19.4 Å². The van der Waals surface area contributed by atoms with Gasteiger partial charge in [0.2, 0.25) is 0 Å². The second-order valence-corrected chi connectivity index (χ2v) is 13.5. The van der Waals surface area contributed by atoms with Crippen LogP contribution in [0.1, 0.15) is 47.3 Å². The third-order valence-electron chi connectivity index (χ3n) is 10.4. The average molecular weight is 656 g/mol. The van der Waals surface area contributed by atoms with Crippen LogP contribution in [0.3, 0.4) is 0 Å². The van der Waals surface area contributed by atoms with Gasteiger partial charge in [-0.1, -0.05) is 140 Å². The highest BCUT2D eigenvalue weighted by atomic mass is 16.3. The van der Waals surface area contributed by atoms with Gasteiger partial charge in [0.05, 0.1) is 0 Å². The number of aromatic nitrogens is 3. The van der Waals surface area contributed by atoms with Crippen molar-refractivity contribution in [2.45, 2.75) is 19.3 Å². The molecule has 0 saturated heterocycles. The Morgan fingerprint density at radius 2 is 1.25 bits per heavy atom. The molecular formula is C47H33N3O. The number of allylic oxidation sites excluding steroid dienone is 9. The fourth-order valence-electron chi connectivity index (χ4n) is 7.77. The van der Waals surface area contributed by atoms with Crippen molar-refractivity contribution in [2.75, 3.05) is 0 Å². The fraction of sp³-hybridized carbons (Fsp3) is 0.0851. The Kier molecular flexibility index (Phi) is 7.05. The summed E-state index contributed by atoms with van der Waals surface area (Å²) in [6.45, 7) is 0. The SMILES string of the molecule is C1=CC2CC=C(c3ccc4oc5cccc(C6=CC=C(c7nc(-c8ccccc8)nc(-c8ccccc8)n7)CC6)c5c4c3)C=C2c2ccccc21. The van der Waals surface area contributed by atoms with Gasteiger partial charge in [-0.05, 0) is 82.0 Å². The van der Waals surface area contributed by atoms with Gasteiger partial charge in [-0.25, -0.2) is 15.0 Å². The number of benzene rings is 5. The van der Waals surface area contributed by atoms with Crippen LogP contribution in [0.2, 0.25) is 0 Å². The molecule has 2 aromatic heterocycles. The number of hydrogen-bond acceptors (Lipinski definition) is 4. The maximum absolute atomic E-state index is 6.45. The molecule has 0 bridgehead atoms. The van der Waals surface area contributed by atoms with Crippen molar-refractivity contribution in [3.05, 3.63) is 180 Å². The Hall–Kier alpha value is -6.39. The minimum absolute atomic E-state index is 0.428. The van der Waals surface area contributed by atoms with Crippen LogP contribution in [0, 0.1) is 5.92 Å². The predicted octanol–water partition coefficient (Wildman–Crippen LogP) is 11.9. The van der Waals surface area contributed by atoms with E-state index in [0.29, 0.717) is 17.6 Å². The van der Waals surface area contributed by atoms with Crippen molar-refractivity contribution in [1.29, 1.82) is 0 Å². The first-order valence-corrected chi connectivity index (χ1v) is 17.7. The van der Waals surface area contributed by atoms with Crippen LogP contribution in [-0.2, 0) is 0 Å². The fourth-order valence-corrected chi connectivity index (χ4v) is 7.77. The number of nitrogens with zero attached hydrogens (tertiary/aromatic N) is 3. The van der Waals surface area contributed by atoms with E-state index in [9.17, 15) is 0 Å². The smallest absolute Gasteiger partial charge is 0.164 e. The number of fused-ring (bicyclic) bond motifs is 6. The van der Waals surface area contributed by atoms with E-state index in [1.165, 1.54) is 44.4 Å². The van der Waals surface area contributed by atoms with Gasteiger partial charge in [0.25, 0.3) is 0 Å². The second-order valence-electron chi connectivity index (χ2n) is 13.5. The lowest BCUT2D eigenvalue weighted by Crippen LogP contribution is -2.08. The monoisotopic (exact) mass is 655 g/mol. The van der Waals surface area contributed by atoms with Crippen LogP contribution >= 0.6 is 0 Å². The van der Waals surface area contributed by atoms with Crippen molar-refractivity contribution in [3.8, 4) is 22.8 Å². The van der Waals surface area contributed by atoms with Crippen molar-refractivity contribution in [1.82, 2.24) is 15.0 Å². The van der Waals surface area contributed by atoms with Crippen LogP contribution in [-0.4, -0.2) is 15.0 Å². The van der Waals surface area contributed by atoms with Gasteiger partial charge in [-0.15, -0.1) is 0 Å². The first-order valence-electron chi connectivity index (χ1n) is 17.7. The molecule has 3 aliphatic carbocycles. The van der Waals surface area contributed by atoms with Crippen LogP contribution < -0.4 is 0 Å². The molecule has 10 rings (SSSR count). The van der Waals surface area contributed by atoms with Crippen LogP contribution in [0.15, 0.2) is 156 Å². The minimum atomic E-state index is 0.428. The van der Waals surface area contributed by atoms with E-state index in [-0.39, 0.29) is 0 Å². The topological polar surface area (TPSA) is 51.8 Å². The third-order valence-corrected chi connectivity index (χ3v) is 10.4. The first-order chi connectivity index (χ1) is 25.2. The lowest BCUT2D eigenvalue weighted by Gasteiger charge is -2.26. The minimum Gasteiger partial charge on any atom is -0.456 e. The van der Waals surface area contributed by atoms with Crippen LogP contribution in [0.4, 0.5) is 0 Å². The van der Waals surface area contributed by atoms with Gasteiger partial charge in [-0.2, -0.15) is 0 Å². The molecule has 5 aromatic carbocycles. The first kappa shape index (κ1) is 29.5.